The predicted molar refractivity (Wildman–Crippen MR) is 131 cm³/mol. The zero-order valence-electron chi connectivity index (χ0n) is 19.4. The van der Waals surface area contributed by atoms with Crippen LogP contribution in [0.4, 0.5) is 11.4 Å². The summed E-state index contributed by atoms with van der Waals surface area (Å²) >= 11 is 0. The number of benzene rings is 1. The molecule has 4 aromatic rings. The molecule has 3 N–H and O–H groups in total. The Morgan fingerprint density at radius 3 is 2.76 bits per heavy atom. The van der Waals surface area contributed by atoms with Crippen molar-refractivity contribution in [3.05, 3.63) is 54.0 Å². The third kappa shape index (κ3) is 4.41. The Morgan fingerprint density at radius 2 is 2.03 bits per heavy atom. The zero-order valence-corrected chi connectivity index (χ0v) is 19.4. The van der Waals surface area contributed by atoms with Crippen LogP contribution in [0.2, 0.25) is 0 Å². The van der Waals surface area contributed by atoms with Gasteiger partial charge in [-0.25, -0.2) is 9.78 Å². The second kappa shape index (κ2) is 9.36. The Labute approximate surface area is 192 Å². The minimum absolute atomic E-state index is 0.262. The van der Waals surface area contributed by atoms with E-state index in [1.807, 2.05) is 35.0 Å². The van der Waals surface area contributed by atoms with E-state index in [2.05, 4.69) is 40.5 Å². The molecule has 0 fully saturated rings. The number of anilines is 2. The van der Waals surface area contributed by atoms with Crippen LogP contribution in [-0.4, -0.2) is 39.6 Å². The highest BCUT2D eigenvalue weighted by Crippen LogP contribution is 2.33. The smallest absolute Gasteiger partial charge is 0.356 e. The summed E-state index contributed by atoms with van der Waals surface area (Å²) in [6.07, 6.45) is 5.38. The molecule has 8 heteroatoms. The van der Waals surface area contributed by atoms with Gasteiger partial charge in [-0.1, -0.05) is 25.1 Å². The first-order chi connectivity index (χ1) is 15.9. The molecular formula is C25H29N5O3. The van der Waals surface area contributed by atoms with Gasteiger partial charge >= 0.3 is 5.97 Å². The Bertz CT molecular complexity index is 1320. The van der Waals surface area contributed by atoms with Crippen molar-refractivity contribution in [2.45, 2.75) is 46.2 Å². The average molecular weight is 448 g/mol. The van der Waals surface area contributed by atoms with Crippen LogP contribution in [0.25, 0.3) is 21.9 Å². The fourth-order valence-corrected chi connectivity index (χ4v) is 4.09. The molecule has 33 heavy (non-hydrogen) atoms. The van der Waals surface area contributed by atoms with Crippen LogP contribution in [0.5, 0.6) is 0 Å². The number of esters is 1. The number of amides is 1. The van der Waals surface area contributed by atoms with E-state index in [0.717, 1.165) is 28.6 Å². The number of hydrogen-bond donors (Lipinski definition) is 3. The molecule has 8 nitrogen and oxygen atoms in total. The number of methoxy groups -OCH3 is 1. The molecule has 1 atom stereocenters. The first-order valence-electron chi connectivity index (χ1n) is 11.1. The van der Waals surface area contributed by atoms with E-state index < -0.39 is 5.97 Å². The lowest BCUT2D eigenvalue weighted by Gasteiger charge is -2.13. The standard InChI is InChI=1S/C25H29N5O3/c1-5-15(2)28-18-12-20-22(29-16(3)31)23(25(32)33-4)30(24(20)27-14-18)11-10-17-13-26-21-9-7-6-8-19(17)21/h6-9,12-15,26,28H,5,10-11H2,1-4H3,(H,29,31)/t15-/m1/s1. The van der Waals surface area contributed by atoms with Gasteiger partial charge in [0.15, 0.2) is 5.69 Å². The number of fused-ring (bicyclic) bond motifs is 2. The number of rotatable bonds is 8. The largest absolute Gasteiger partial charge is 0.464 e. The first-order valence-corrected chi connectivity index (χ1v) is 11.1. The third-order valence-electron chi connectivity index (χ3n) is 5.88. The van der Waals surface area contributed by atoms with Crippen molar-refractivity contribution in [3.63, 3.8) is 0 Å². The molecule has 0 aliphatic heterocycles. The van der Waals surface area contributed by atoms with Gasteiger partial charge in [0.05, 0.1) is 24.7 Å². The fourth-order valence-electron chi connectivity index (χ4n) is 4.09. The van der Waals surface area contributed by atoms with Crippen molar-refractivity contribution in [1.29, 1.82) is 0 Å². The Hall–Kier alpha value is -3.81. The molecule has 1 aromatic carbocycles. The zero-order chi connectivity index (χ0) is 23.5. The Balaban J connectivity index is 1.82. The van der Waals surface area contributed by atoms with Crippen LogP contribution in [0, 0.1) is 0 Å². The number of carbonyl (C=O) groups is 2. The van der Waals surface area contributed by atoms with Crippen molar-refractivity contribution in [3.8, 4) is 0 Å². The van der Waals surface area contributed by atoms with Gasteiger partial charge in [-0.2, -0.15) is 0 Å². The number of aromatic amines is 1. The van der Waals surface area contributed by atoms with Crippen molar-refractivity contribution in [2.24, 2.45) is 0 Å². The second-order valence-corrected chi connectivity index (χ2v) is 8.21. The maximum absolute atomic E-state index is 12.8. The van der Waals surface area contributed by atoms with Crippen molar-refractivity contribution >= 4 is 45.2 Å². The van der Waals surface area contributed by atoms with Gasteiger partial charge < -0.3 is 24.9 Å². The lowest BCUT2D eigenvalue weighted by molar-refractivity contribution is -0.114. The van der Waals surface area contributed by atoms with Crippen LogP contribution < -0.4 is 10.6 Å². The lowest BCUT2D eigenvalue weighted by atomic mass is 10.1. The molecular weight excluding hydrogens is 418 g/mol. The van der Waals surface area contributed by atoms with E-state index in [0.29, 0.717) is 29.7 Å². The number of hydrogen-bond acceptors (Lipinski definition) is 5. The van der Waals surface area contributed by atoms with Gasteiger partial charge in [0, 0.05) is 42.0 Å². The average Bonchev–Trinajstić information content (AvgIpc) is 3.35. The topological polar surface area (TPSA) is 101 Å². The summed E-state index contributed by atoms with van der Waals surface area (Å²) in [5.41, 5.74) is 4.36. The molecule has 3 heterocycles. The predicted octanol–water partition coefficient (Wildman–Crippen LogP) is 4.72. The molecule has 4 rings (SSSR count). The van der Waals surface area contributed by atoms with Crippen LogP contribution in [-0.2, 0) is 22.5 Å². The first kappa shape index (κ1) is 22.4. The summed E-state index contributed by atoms with van der Waals surface area (Å²) in [6, 6.07) is 10.3. The Kier molecular flexibility index (Phi) is 6.35. The minimum atomic E-state index is -0.521. The minimum Gasteiger partial charge on any atom is -0.464 e. The monoisotopic (exact) mass is 447 g/mol. The number of aromatic nitrogens is 3. The second-order valence-electron chi connectivity index (χ2n) is 8.21. The number of nitrogens with zero attached hydrogens (tertiary/aromatic N) is 2. The molecule has 0 radical (unpaired) electrons. The van der Waals surface area contributed by atoms with Crippen LogP contribution in [0.3, 0.4) is 0 Å². The molecule has 0 saturated carbocycles. The molecule has 0 spiro atoms. The van der Waals surface area contributed by atoms with E-state index in [1.54, 1.807) is 6.20 Å². The summed E-state index contributed by atoms with van der Waals surface area (Å²) < 4.78 is 6.92. The SMILES string of the molecule is CC[C@@H](C)Nc1cnc2c(c1)c(NC(C)=O)c(C(=O)OC)n2CCc1c[nH]c2ccccc12. The summed E-state index contributed by atoms with van der Waals surface area (Å²) in [5.74, 6) is -0.789. The number of pyridine rings is 1. The summed E-state index contributed by atoms with van der Waals surface area (Å²) in [4.78, 5) is 32.8. The third-order valence-corrected chi connectivity index (χ3v) is 5.88. The molecule has 0 unspecified atom stereocenters. The van der Waals surface area contributed by atoms with Gasteiger partial charge in [-0.3, -0.25) is 4.79 Å². The van der Waals surface area contributed by atoms with E-state index in [9.17, 15) is 9.59 Å². The molecule has 0 saturated heterocycles. The normalized spacial score (nSPS) is 12.1. The van der Waals surface area contributed by atoms with E-state index in [4.69, 9.17) is 4.74 Å². The summed E-state index contributed by atoms with van der Waals surface area (Å²) in [5, 5.41) is 8.08. The number of para-hydroxylation sites is 1. The van der Waals surface area contributed by atoms with Gasteiger partial charge in [0.25, 0.3) is 0 Å². The van der Waals surface area contributed by atoms with E-state index in [-0.39, 0.29) is 17.6 Å². The highest BCUT2D eigenvalue weighted by Gasteiger charge is 2.26. The van der Waals surface area contributed by atoms with Crippen molar-refractivity contribution in [1.82, 2.24) is 14.5 Å². The van der Waals surface area contributed by atoms with Gasteiger partial charge in [0.2, 0.25) is 5.91 Å². The Morgan fingerprint density at radius 1 is 1.24 bits per heavy atom. The molecule has 0 aliphatic rings. The maximum atomic E-state index is 12.8. The van der Waals surface area contributed by atoms with Crippen molar-refractivity contribution in [2.75, 3.05) is 17.7 Å². The van der Waals surface area contributed by atoms with Crippen LogP contribution in [0.1, 0.15) is 43.2 Å². The van der Waals surface area contributed by atoms with Crippen LogP contribution in [0.15, 0.2) is 42.7 Å². The fraction of sp³-hybridized carbons (Fsp3) is 0.320. The molecule has 1 amide bonds. The number of aryl methyl sites for hydroxylation is 2. The number of H-pyrrole nitrogens is 1. The highest BCUT2D eigenvalue weighted by molar-refractivity contribution is 6.11. The maximum Gasteiger partial charge on any atom is 0.356 e. The number of carbonyl (C=O) groups excluding carboxylic acids is 2. The number of ether oxygens (including phenoxy) is 1. The van der Waals surface area contributed by atoms with Gasteiger partial charge in [-0.15, -0.1) is 0 Å². The quantitative estimate of drug-likeness (QED) is 0.340. The van der Waals surface area contributed by atoms with Crippen LogP contribution >= 0.6 is 0 Å². The van der Waals surface area contributed by atoms with Crippen molar-refractivity contribution < 1.29 is 14.3 Å². The molecule has 172 valence electrons. The van der Waals surface area contributed by atoms with Gasteiger partial charge in [0.1, 0.15) is 5.65 Å². The van der Waals surface area contributed by atoms with Gasteiger partial charge in [-0.05, 0) is 37.5 Å². The van der Waals surface area contributed by atoms with E-state index >= 15 is 0 Å². The lowest BCUT2D eigenvalue weighted by Crippen LogP contribution is -2.16. The molecule has 0 bridgehead atoms. The van der Waals surface area contributed by atoms with E-state index in [1.165, 1.54) is 14.0 Å². The summed E-state index contributed by atoms with van der Waals surface area (Å²) in [7, 11) is 1.34. The highest BCUT2D eigenvalue weighted by atomic mass is 16.5. The molecule has 3 aromatic heterocycles. The number of nitrogens with one attached hydrogen (secondary N) is 3. The summed E-state index contributed by atoms with van der Waals surface area (Å²) in [6.45, 7) is 6.10. The molecule has 0 aliphatic carbocycles.